The smallest absolute Gasteiger partial charge is 0.0571 e. The van der Waals surface area contributed by atoms with Crippen molar-refractivity contribution in [1.82, 2.24) is 24.1 Å². The molecule has 0 amide bonds. The van der Waals surface area contributed by atoms with Crippen molar-refractivity contribution in [2.45, 2.75) is 0 Å². The zero-order valence-corrected chi connectivity index (χ0v) is 30.3. The summed E-state index contributed by atoms with van der Waals surface area (Å²) < 4.78 is 4.66. The maximum absolute atomic E-state index is 4.69. The van der Waals surface area contributed by atoms with Crippen LogP contribution in [0.25, 0.3) is 99.5 Å². The molecule has 0 unspecified atom stereocenters. The maximum Gasteiger partial charge on any atom is 0.0571 e. The van der Waals surface area contributed by atoms with E-state index < -0.39 is 0 Å². The summed E-state index contributed by atoms with van der Waals surface area (Å²) in [6.07, 6.45) is 11.6. The van der Waals surface area contributed by atoms with Crippen LogP contribution in [0.3, 0.4) is 0 Å². The molecule has 0 aliphatic carbocycles. The van der Waals surface area contributed by atoms with E-state index in [0.29, 0.717) is 0 Å². The van der Waals surface area contributed by atoms with E-state index in [0.717, 1.165) is 66.5 Å². The molecule has 0 radical (unpaired) electrons. The molecule has 0 spiro atoms. The first kappa shape index (κ1) is 31.9. The number of pyridine rings is 3. The molecule has 5 heteroatoms. The summed E-state index contributed by atoms with van der Waals surface area (Å²) >= 11 is 0. The minimum Gasteiger partial charge on any atom is -0.309 e. The van der Waals surface area contributed by atoms with Gasteiger partial charge in [-0.2, -0.15) is 0 Å². The van der Waals surface area contributed by atoms with E-state index in [-0.39, 0.29) is 0 Å². The second kappa shape index (κ2) is 13.0. The minimum atomic E-state index is 1.07. The van der Waals surface area contributed by atoms with Gasteiger partial charge in [0.25, 0.3) is 0 Å². The van der Waals surface area contributed by atoms with Crippen LogP contribution in [0.2, 0.25) is 0 Å². The highest BCUT2D eigenvalue weighted by atomic mass is 15.0. The van der Waals surface area contributed by atoms with E-state index in [9.17, 15) is 0 Å². The molecule has 0 aliphatic heterocycles. The molecule has 5 nitrogen and oxygen atoms in total. The van der Waals surface area contributed by atoms with Gasteiger partial charge < -0.3 is 9.13 Å². The van der Waals surface area contributed by atoms with E-state index in [4.69, 9.17) is 0 Å². The van der Waals surface area contributed by atoms with Crippen LogP contribution in [0.5, 0.6) is 0 Å². The third kappa shape index (κ3) is 5.29. The van der Waals surface area contributed by atoms with Crippen molar-refractivity contribution in [3.05, 3.63) is 201 Å². The summed E-state index contributed by atoms with van der Waals surface area (Å²) in [7, 11) is 0. The van der Waals surface area contributed by atoms with Crippen LogP contribution >= 0.6 is 0 Å². The quantitative estimate of drug-likeness (QED) is 0.172. The van der Waals surface area contributed by atoms with Crippen LogP contribution in [0.4, 0.5) is 0 Å². The summed E-state index contributed by atoms with van der Waals surface area (Å²) in [5, 5.41) is 4.65. The van der Waals surface area contributed by atoms with Gasteiger partial charge in [-0.25, -0.2) is 0 Å². The van der Waals surface area contributed by atoms with Crippen LogP contribution in [0.1, 0.15) is 0 Å². The number of hydrogen-bond donors (Lipinski definition) is 0. The fraction of sp³-hybridized carbons (Fsp3) is 0. The second-order valence-corrected chi connectivity index (χ2v) is 14.2. The third-order valence-corrected chi connectivity index (χ3v) is 11.0. The summed E-state index contributed by atoms with van der Waals surface area (Å²) in [6, 6.07) is 58.5. The summed E-state index contributed by atoms with van der Waals surface area (Å²) in [4.78, 5) is 13.7. The molecular formula is C51H33N5. The van der Waals surface area contributed by atoms with Gasteiger partial charge in [0.15, 0.2) is 0 Å². The molecule has 0 saturated heterocycles. The minimum absolute atomic E-state index is 1.07. The molecule has 0 fully saturated rings. The van der Waals surface area contributed by atoms with Gasteiger partial charge in [-0.1, -0.05) is 97.1 Å². The molecule has 0 bridgehead atoms. The van der Waals surface area contributed by atoms with Crippen molar-refractivity contribution in [2.75, 3.05) is 0 Å². The molecule has 0 aliphatic rings. The largest absolute Gasteiger partial charge is 0.309 e. The van der Waals surface area contributed by atoms with E-state index in [1.54, 1.807) is 0 Å². The Hall–Kier alpha value is -7.63. The fourth-order valence-electron chi connectivity index (χ4n) is 8.27. The summed E-state index contributed by atoms with van der Waals surface area (Å²) in [6.45, 7) is 0. The average Bonchev–Trinajstić information content (AvgIpc) is 3.79. The lowest BCUT2D eigenvalue weighted by atomic mass is 10.0. The SMILES string of the molecule is c1ccc(-c2ccc3c(c2)c2cnccc2n3-c2ccc(-c3cncc(-c4ccc(-n5c6ccncc6c6cc(-c7ccccc7)ccc65)cc4)c3)cc2)cc1. The molecule has 6 aromatic carbocycles. The molecule has 5 heterocycles. The van der Waals surface area contributed by atoms with Crippen molar-refractivity contribution < 1.29 is 0 Å². The van der Waals surface area contributed by atoms with Crippen molar-refractivity contribution in [3.8, 4) is 55.9 Å². The molecule has 262 valence electrons. The number of rotatable bonds is 6. The standard InChI is InChI=1S/C51H33N5/c1-3-7-34(8-4-1)38-15-21-48-44(28-38)46-32-52-25-23-50(46)55(48)42-17-11-36(12-18-42)40-27-41(31-54-30-40)37-13-19-43(20-14-37)56-49-22-16-39(35-9-5-2-6-10-35)29-45(49)47-33-53-26-24-51(47)56/h1-33H. The van der Waals surface area contributed by atoms with Crippen molar-refractivity contribution in [2.24, 2.45) is 0 Å². The number of benzene rings is 6. The highest BCUT2D eigenvalue weighted by molar-refractivity contribution is 6.11. The van der Waals surface area contributed by atoms with Crippen LogP contribution < -0.4 is 0 Å². The summed E-state index contributed by atoms with van der Waals surface area (Å²) in [5.74, 6) is 0. The van der Waals surface area contributed by atoms with Gasteiger partial charge in [-0.3, -0.25) is 15.0 Å². The number of hydrogen-bond acceptors (Lipinski definition) is 3. The van der Waals surface area contributed by atoms with Crippen LogP contribution in [-0.4, -0.2) is 24.1 Å². The maximum atomic E-state index is 4.69. The molecule has 0 saturated carbocycles. The molecule has 11 rings (SSSR count). The Bertz CT molecular complexity index is 3000. The molecule has 5 aromatic heterocycles. The van der Waals surface area contributed by atoms with E-state index in [2.05, 4.69) is 188 Å². The van der Waals surface area contributed by atoms with Gasteiger partial charge in [-0.05, 0) is 100 Å². The Kier molecular flexibility index (Phi) is 7.42. The molecule has 56 heavy (non-hydrogen) atoms. The van der Waals surface area contributed by atoms with Gasteiger partial charge in [0, 0.05) is 81.2 Å². The average molecular weight is 716 g/mol. The lowest BCUT2D eigenvalue weighted by Gasteiger charge is -2.11. The molecular weight excluding hydrogens is 683 g/mol. The van der Waals surface area contributed by atoms with Gasteiger partial charge in [0.2, 0.25) is 0 Å². The van der Waals surface area contributed by atoms with E-state index in [1.165, 1.54) is 33.0 Å². The first-order valence-electron chi connectivity index (χ1n) is 18.8. The Balaban J connectivity index is 0.916. The predicted octanol–water partition coefficient (Wildman–Crippen LogP) is 12.7. The van der Waals surface area contributed by atoms with Crippen molar-refractivity contribution in [3.63, 3.8) is 0 Å². The number of nitrogens with zero attached hydrogens (tertiary/aromatic N) is 5. The highest BCUT2D eigenvalue weighted by Crippen LogP contribution is 2.37. The first-order chi connectivity index (χ1) is 27.8. The summed E-state index contributed by atoms with van der Waals surface area (Å²) in [5.41, 5.74) is 15.9. The van der Waals surface area contributed by atoms with Gasteiger partial charge >= 0.3 is 0 Å². The van der Waals surface area contributed by atoms with Crippen LogP contribution in [0.15, 0.2) is 201 Å². The first-order valence-corrected chi connectivity index (χ1v) is 18.8. The normalized spacial score (nSPS) is 11.6. The molecule has 0 atom stereocenters. The van der Waals surface area contributed by atoms with E-state index >= 15 is 0 Å². The Morgan fingerprint density at radius 1 is 0.268 bits per heavy atom. The van der Waals surface area contributed by atoms with Gasteiger partial charge in [0.05, 0.1) is 22.1 Å². The van der Waals surface area contributed by atoms with Gasteiger partial charge in [0.1, 0.15) is 0 Å². The zero-order valence-electron chi connectivity index (χ0n) is 30.3. The third-order valence-electron chi connectivity index (χ3n) is 11.0. The topological polar surface area (TPSA) is 48.5 Å². The number of fused-ring (bicyclic) bond motifs is 6. The van der Waals surface area contributed by atoms with Crippen molar-refractivity contribution >= 4 is 43.6 Å². The molecule has 0 N–H and O–H groups in total. The fourth-order valence-corrected chi connectivity index (χ4v) is 8.27. The Morgan fingerprint density at radius 2 is 0.661 bits per heavy atom. The monoisotopic (exact) mass is 715 g/mol. The number of aromatic nitrogens is 5. The second-order valence-electron chi connectivity index (χ2n) is 14.2. The van der Waals surface area contributed by atoms with Crippen molar-refractivity contribution in [1.29, 1.82) is 0 Å². The molecule has 11 aromatic rings. The zero-order chi connectivity index (χ0) is 37.0. The predicted molar refractivity (Wildman–Crippen MR) is 230 cm³/mol. The Morgan fingerprint density at radius 3 is 1.11 bits per heavy atom. The lowest BCUT2D eigenvalue weighted by molar-refractivity contribution is 1.17. The van der Waals surface area contributed by atoms with Gasteiger partial charge in [-0.15, -0.1) is 0 Å². The van der Waals surface area contributed by atoms with Crippen LogP contribution in [-0.2, 0) is 0 Å². The van der Waals surface area contributed by atoms with Crippen LogP contribution in [0, 0.1) is 0 Å². The Labute approximate surface area is 323 Å². The highest BCUT2D eigenvalue weighted by Gasteiger charge is 2.16. The lowest BCUT2D eigenvalue weighted by Crippen LogP contribution is -1.94. The van der Waals surface area contributed by atoms with E-state index in [1.807, 2.05) is 37.2 Å².